The average molecular weight is 292 g/mol. The first-order chi connectivity index (χ1) is 8.68. The Balaban J connectivity index is 2.36. The molecule has 6 nitrogen and oxygen atoms in total. The van der Waals surface area contributed by atoms with Gasteiger partial charge in [-0.15, -0.1) is 0 Å². The number of nitrogens with zero attached hydrogens (tertiary/aromatic N) is 3. The van der Waals surface area contributed by atoms with Crippen LogP contribution in [0.3, 0.4) is 0 Å². The molecule has 2 aromatic heterocycles. The van der Waals surface area contributed by atoms with Crippen LogP contribution >= 0.6 is 0 Å². The highest BCUT2D eigenvalue weighted by molar-refractivity contribution is 7.89. The number of rotatable bonds is 2. The number of primary sulfonamides is 1. The predicted molar refractivity (Wildman–Crippen MR) is 57.7 cm³/mol. The summed E-state index contributed by atoms with van der Waals surface area (Å²) in [5.41, 5.74) is -0.907. The Morgan fingerprint density at radius 1 is 1.21 bits per heavy atom. The highest BCUT2D eigenvalue weighted by atomic mass is 32.2. The molecule has 2 N–H and O–H groups in total. The van der Waals surface area contributed by atoms with Crippen molar-refractivity contribution in [2.75, 3.05) is 0 Å². The largest absolute Gasteiger partial charge is 0.417 e. The fourth-order valence-corrected chi connectivity index (χ4v) is 1.71. The molecule has 0 saturated carbocycles. The van der Waals surface area contributed by atoms with Gasteiger partial charge in [-0.2, -0.15) is 18.3 Å². The van der Waals surface area contributed by atoms with Crippen molar-refractivity contribution >= 4 is 10.0 Å². The van der Waals surface area contributed by atoms with Crippen LogP contribution in [0.25, 0.3) is 5.82 Å². The van der Waals surface area contributed by atoms with E-state index in [0.29, 0.717) is 6.20 Å². The highest BCUT2D eigenvalue weighted by Crippen LogP contribution is 2.28. The van der Waals surface area contributed by atoms with E-state index in [4.69, 9.17) is 5.14 Å². The van der Waals surface area contributed by atoms with Gasteiger partial charge in [0.25, 0.3) is 0 Å². The van der Waals surface area contributed by atoms with Crippen LogP contribution in [0.5, 0.6) is 0 Å². The molecule has 0 aliphatic carbocycles. The van der Waals surface area contributed by atoms with E-state index in [1.165, 1.54) is 0 Å². The van der Waals surface area contributed by atoms with E-state index in [2.05, 4.69) is 10.1 Å². The van der Waals surface area contributed by atoms with Gasteiger partial charge in [-0.05, 0) is 12.1 Å². The van der Waals surface area contributed by atoms with E-state index in [1.807, 2.05) is 0 Å². The van der Waals surface area contributed by atoms with Crippen molar-refractivity contribution in [2.45, 2.75) is 11.1 Å². The summed E-state index contributed by atoms with van der Waals surface area (Å²) in [6, 6.07) is 1.89. The van der Waals surface area contributed by atoms with Gasteiger partial charge in [-0.1, -0.05) is 0 Å². The minimum atomic E-state index is -4.48. The Morgan fingerprint density at radius 3 is 2.32 bits per heavy atom. The molecule has 0 spiro atoms. The summed E-state index contributed by atoms with van der Waals surface area (Å²) < 4.78 is 60.0. The van der Waals surface area contributed by atoms with E-state index < -0.39 is 21.8 Å². The minimum Gasteiger partial charge on any atom is -0.237 e. The predicted octanol–water partition coefficient (Wildman–Crippen LogP) is 0.934. The van der Waals surface area contributed by atoms with Crippen molar-refractivity contribution in [1.29, 1.82) is 0 Å². The van der Waals surface area contributed by atoms with Gasteiger partial charge in [0, 0.05) is 6.20 Å². The van der Waals surface area contributed by atoms with Crippen molar-refractivity contribution in [1.82, 2.24) is 14.8 Å². The molecule has 19 heavy (non-hydrogen) atoms. The van der Waals surface area contributed by atoms with Crippen LogP contribution in [0, 0.1) is 0 Å². The standard InChI is InChI=1S/C9H7F3N4O2S/c10-9(11,12)6-1-2-8(14-3-6)16-5-7(4-15-16)19(13,17)18/h1-5H,(H2,13,17,18). The molecule has 10 heteroatoms. The van der Waals surface area contributed by atoms with Crippen molar-refractivity contribution in [3.05, 3.63) is 36.3 Å². The second kappa shape index (κ2) is 4.31. The number of halogens is 3. The third kappa shape index (κ3) is 2.90. The number of hydrogen-bond donors (Lipinski definition) is 1. The third-order valence-electron chi connectivity index (χ3n) is 2.20. The molecule has 0 fully saturated rings. The molecule has 0 radical (unpaired) electrons. The van der Waals surface area contributed by atoms with Crippen LogP contribution < -0.4 is 5.14 Å². The Morgan fingerprint density at radius 2 is 1.89 bits per heavy atom. The SMILES string of the molecule is NS(=O)(=O)c1cnn(-c2ccc(C(F)(F)F)cn2)c1. The normalized spacial score (nSPS) is 12.6. The lowest BCUT2D eigenvalue weighted by Crippen LogP contribution is -2.11. The maximum atomic E-state index is 12.3. The molecule has 0 aliphatic heterocycles. The zero-order chi connectivity index (χ0) is 14.3. The second-order valence-corrected chi connectivity index (χ2v) is 5.13. The number of alkyl halides is 3. The van der Waals surface area contributed by atoms with E-state index >= 15 is 0 Å². The first kappa shape index (κ1) is 13.5. The fraction of sp³-hybridized carbons (Fsp3) is 0.111. The maximum absolute atomic E-state index is 12.3. The van der Waals surface area contributed by atoms with E-state index in [-0.39, 0.29) is 10.7 Å². The molecule has 102 valence electrons. The van der Waals surface area contributed by atoms with Gasteiger partial charge in [0.1, 0.15) is 4.90 Å². The fourth-order valence-electron chi connectivity index (χ4n) is 1.27. The van der Waals surface area contributed by atoms with E-state index in [9.17, 15) is 21.6 Å². The van der Waals surface area contributed by atoms with Crippen molar-refractivity contribution in [2.24, 2.45) is 5.14 Å². The molecular formula is C9H7F3N4O2S. The van der Waals surface area contributed by atoms with Crippen LogP contribution in [0.15, 0.2) is 35.6 Å². The zero-order valence-corrected chi connectivity index (χ0v) is 9.98. The maximum Gasteiger partial charge on any atom is 0.417 e. The van der Waals surface area contributed by atoms with Crippen LogP contribution in [-0.2, 0) is 16.2 Å². The van der Waals surface area contributed by atoms with Crippen LogP contribution in [0.2, 0.25) is 0 Å². The second-order valence-electron chi connectivity index (χ2n) is 3.57. The molecule has 0 bridgehead atoms. The first-order valence-corrected chi connectivity index (χ1v) is 6.33. The van der Waals surface area contributed by atoms with Gasteiger partial charge in [-0.25, -0.2) is 23.2 Å². The Bertz CT molecular complexity index is 691. The molecule has 0 aromatic carbocycles. The number of nitrogens with two attached hydrogens (primary N) is 1. The molecule has 0 unspecified atom stereocenters. The number of hydrogen-bond acceptors (Lipinski definition) is 4. The van der Waals surface area contributed by atoms with Crippen molar-refractivity contribution in [3.63, 3.8) is 0 Å². The smallest absolute Gasteiger partial charge is 0.237 e. The van der Waals surface area contributed by atoms with Crippen LogP contribution in [0.4, 0.5) is 13.2 Å². The van der Waals surface area contributed by atoms with Gasteiger partial charge >= 0.3 is 6.18 Å². The quantitative estimate of drug-likeness (QED) is 0.891. The Labute approximate surface area is 105 Å². The molecule has 0 aliphatic rings. The molecule has 2 heterocycles. The molecule has 2 rings (SSSR count). The summed E-state index contributed by atoms with van der Waals surface area (Å²) >= 11 is 0. The average Bonchev–Trinajstić information content (AvgIpc) is 2.77. The van der Waals surface area contributed by atoms with Gasteiger partial charge in [-0.3, -0.25) is 0 Å². The van der Waals surface area contributed by atoms with Gasteiger partial charge < -0.3 is 0 Å². The van der Waals surface area contributed by atoms with Gasteiger partial charge in [0.2, 0.25) is 10.0 Å². The third-order valence-corrected chi connectivity index (χ3v) is 3.07. The number of sulfonamides is 1. The Kier molecular flexibility index (Phi) is 3.06. The van der Waals surface area contributed by atoms with E-state index in [1.54, 1.807) is 0 Å². The molecule has 0 saturated heterocycles. The summed E-state index contributed by atoms with van der Waals surface area (Å²) in [5, 5.41) is 8.54. The topological polar surface area (TPSA) is 90.9 Å². The number of aromatic nitrogens is 3. The van der Waals surface area contributed by atoms with E-state index in [0.717, 1.165) is 29.2 Å². The Hall–Kier alpha value is -1.94. The summed E-state index contributed by atoms with van der Waals surface area (Å²) in [6.45, 7) is 0. The zero-order valence-electron chi connectivity index (χ0n) is 9.16. The summed E-state index contributed by atoms with van der Waals surface area (Å²) in [6.07, 6.45) is -1.81. The lowest BCUT2D eigenvalue weighted by atomic mass is 10.3. The lowest BCUT2D eigenvalue weighted by molar-refractivity contribution is -0.137. The molecule has 2 aromatic rings. The highest BCUT2D eigenvalue weighted by Gasteiger charge is 2.30. The molecular weight excluding hydrogens is 285 g/mol. The lowest BCUT2D eigenvalue weighted by Gasteiger charge is -2.06. The summed E-state index contributed by atoms with van der Waals surface area (Å²) in [7, 11) is -3.91. The number of pyridine rings is 1. The summed E-state index contributed by atoms with van der Waals surface area (Å²) in [5.74, 6) is 0.0444. The van der Waals surface area contributed by atoms with Crippen molar-refractivity contribution in [3.8, 4) is 5.82 Å². The van der Waals surface area contributed by atoms with Crippen LogP contribution in [-0.4, -0.2) is 23.2 Å². The van der Waals surface area contributed by atoms with Crippen molar-refractivity contribution < 1.29 is 21.6 Å². The molecule has 0 atom stereocenters. The van der Waals surface area contributed by atoms with Gasteiger partial charge in [0.05, 0.1) is 18.0 Å². The molecule has 0 amide bonds. The van der Waals surface area contributed by atoms with Gasteiger partial charge in [0.15, 0.2) is 5.82 Å². The summed E-state index contributed by atoms with van der Waals surface area (Å²) in [4.78, 5) is 3.30. The first-order valence-electron chi connectivity index (χ1n) is 4.79. The monoisotopic (exact) mass is 292 g/mol. The van der Waals surface area contributed by atoms with Crippen LogP contribution in [0.1, 0.15) is 5.56 Å². The minimum absolute atomic E-state index is 0.0444.